The SMILES string of the molecule is O=C(CCCOc1cccc2ccccc12)N1CCCN2CCCC2C1. The van der Waals surface area contributed by atoms with Crippen molar-refractivity contribution in [3.63, 3.8) is 0 Å². The minimum atomic E-state index is 0.292. The predicted octanol–water partition coefficient (Wildman–Crippen LogP) is 3.70. The highest BCUT2D eigenvalue weighted by Gasteiger charge is 2.30. The first kappa shape index (κ1) is 17.3. The molecule has 2 saturated heterocycles. The van der Waals surface area contributed by atoms with Crippen LogP contribution in [0, 0.1) is 0 Å². The summed E-state index contributed by atoms with van der Waals surface area (Å²) in [6, 6.07) is 15.0. The van der Waals surface area contributed by atoms with Crippen LogP contribution in [0.5, 0.6) is 5.75 Å². The monoisotopic (exact) mass is 352 g/mol. The van der Waals surface area contributed by atoms with Gasteiger partial charge in [-0.05, 0) is 43.7 Å². The van der Waals surface area contributed by atoms with E-state index < -0.39 is 0 Å². The number of amides is 1. The Morgan fingerprint density at radius 3 is 2.85 bits per heavy atom. The van der Waals surface area contributed by atoms with E-state index in [2.05, 4.69) is 28.0 Å². The van der Waals surface area contributed by atoms with Gasteiger partial charge in [0.15, 0.2) is 0 Å². The molecule has 0 radical (unpaired) electrons. The van der Waals surface area contributed by atoms with E-state index in [0.29, 0.717) is 25.0 Å². The Labute approximate surface area is 155 Å². The van der Waals surface area contributed by atoms with Gasteiger partial charge in [-0.25, -0.2) is 0 Å². The van der Waals surface area contributed by atoms with Crippen LogP contribution < -0.4 is 4.74 Å². The highest BCUT2D eigenvalue weighted by molar-refractivity contribution is 5.88. The van der Waals surface area contributed by atoms with E-state index in [0.717, 1.165) is 43.6 Å². The summed E-state index contributed by atoms with van der Waals surface area (Å²) < 4.78 is 5.97. The Balaban J connectivity index is 1.27. The molecule has 0 spiro atoms. The Hall–Kier alpha value is -2.07. The van der Waals surface area contributed by atoms with Gasteiger partial charge in [-0.1, -0.05) is 36.4 Å². The molecule has 0 bridgehead atoms. The average molecular weight is 352 g/mol. The molecule has 2 aliphatic rings. The smallest absolute Gasteiger partial charge is 0.222 e. The maximum Gasteiger partial charge on any atom is 0.222 e. The summed E-state index contributed by atoms with van der Waals surface area (Å²) >= 11 is 0. The van der Waals surface area contributed by atoms with Crippen LogP contribution in [-0.4, -0.2) is 54.5 Å². The average Bonchev–Trinajstić information content (AvgIpc) is 3.01. The molecule has 138 valence electrons. The first-order chi connectivity index (χ1) is 12.8. The third kappa shape index (κ3) is 3.85. The summed E-state index contributed by atoms with van der Waals surface area (Å²) in [5, 5.41) is 2.32. The van der Waals surface area contributed by atoms with Gasteiger partial charge in [0.25, 0.3) is 0 Å². The molecule has 4 nitrogen and oxygen atoms in total. The first-order valence-corrected chi connectivity index (χ1v) is 9.94. The summed E-state index contributed by atoms with van der Waals surface area (Å²) in [5.41, 5.74) is 0. The highest BCUT2D eigenvalue weighted by atomic mass is 16.5. The lowest BCUT2D eigenvalue weighted by atomic mass is 10.1. The fourth-order valence-electron chi connectivity index (χ4n) is 4.32. The summed E-state index contributed by atoms with van der Waals surface area (Å²) in [7, 11) is 0. The van der Waals surface area contributed by atoms with Crippen LogP contribution in [0.3, 0.4) is 0 Å². The van der Waals surface area contributed by atoms with E-state index in [1.165, 1.54) is 24.8 Å². The number of carbonyl (C=O) groups is 1. The Bertz CT molecular complexity index is 755. The molecule has 1 amide bonds. The minimum absolute atomic E-state index is 0.292. The standard InChI is InChI=1S/C22H28N2O2/c25-22(24-15-6-14-23-13-4-9-19(23)17-24)12-5-16-26-21-11-3-8-18-7-1-2-10-20(18)21/h1-3,7-8,10-11,19H,4-6,9,12-17H2. The van der Waals surface area contributed by atoms with E-state index >= 15 is 0 Å². The summed E-state index contributed by atoms with van der Waals surface area (Å²) in [5.74, 6) is 1.20. The molecule has 2 fully saturated rings. The van der Waals surface area contributed by atoms with Crippen molar-refractivity contribution in [2.75, 3.05) is 32.8 Å². The third-order valence-corrected chi connectivity index (χ3v) is 5.70. The van der Waals surface area contributed by atoms with Crippen molar-refractivity contribution in [2.24, 2.45) is 0 Å². The molecular formula is C22H28N2O2. The van der Waals surface area contributed by atoms with Crippen LogP contribution in [0.2, 0.25) is 0 Å². The molecule has 0 saturated carbocycles. The first-order valence-electron chi connectivity index (χ1n) is 9.94. The normalized spacial score (nSPS) is 20.8. The molecule has 26 heavy (non-hydrogen) atoms. The summed E-state index contributed by atoms with van der Waals surface area (Å²) in [4.78, 5) is 17.3. The van der Waals surface area contributed by atoms with Crippen LogP contribution in [0.1, 0.15) is 32.1 Å². The lowest BCUT2D eigenvalue weighted by Crippen LogP contribution is -2.39. The van der Waals surface area contributed by atoms with Crippen molar-refractivity contribution >= 4 is 16.7 Å². The third-order valence-electron chi connectivity index (χ3n) is 5.70. The van der Waals surface area contributed by atoms with E-state index in [-0.39, 0.29) is 0 Å². The molecule has 4 heteroatoms. The van der Waals surface area contributed by atoms with E-state index in [4.69, 9.17) is 4.74 Å². The fraction of sp³-hybridized carbons (Fsp3) is 0.500. The Morgan fingerprint density at radius 1 is 1.04 bits per heavy atom. The van der Waals surface area contributed by atoms with Crippen molar-refractivity contribution < 1.29 is 9.53 Å². The number of ether oxygens (including phenoxy) is 1. The zero-order chi connectivity index (χ0) is 17.8. The van der Waals surface area contributed by atoms with Crippen LogP contribution in [-0.2, 0) is 4.79 Å². The molecule has 2 heterocycles. The minimum Gasteiger partial charge on any atom is -0.493 e. The van der Waals surface area contributed by atoms with E-state index in [9.17, 15) is 4.79 Å². The molecule has 2 aromatic carbocycles. The van der Waals surface area contributed by atoms with Gasteiger partial charge in [-0.3, -0.25) is 9.69 Å². The van der Waals surface area contributed by atoms with Gasteiger partial charge in [-0.15, -0.1) is 0 Å². The zero-order valence-corrected chi connectivity index (χ0v) is 15.4. The van der Waals surface area contributed by atoms with Gasteiger partial charge in [-0.2, -0.15) is 0 Å². The van der Waals surface area contributed by atoms with Crippen LogP contribution in [0.15, 0.2) is 42.5 Å². The largest absolute Gasteiger partial charge is 0.493 e. The number of rotatable bonds is 5. The van der Waals surface area contributed by atoms with Crippen LogP contribution in [0.25, 0.3) is 10.8 Å². The number of hydrogen-bond acceptors (Lipinski definition) is 3. The topological polar surface area (TPSA) is 32.8 Å². The predicted molar refractivity (Wildman–Crippen MR) is 104 cm³/mol. The number of fused-ring (bicyclic) bond motifs is 2. The second kappa shape index (κ2) is 8.09. The van der Waals surface area contributed by atoms with Gasteiger partial charge in [0, 0.05) is 37.5 Å². The number of benzene rings is 2. The van der Waals surface area contributed by atoms with Crippen LogP contribution in [0.4, 0.5) is 0 Å². The van der Waals surface area contributed by atoms with Gasteiger partial charge in [0.2, 0.25) is 5.91 Å². The fourth-order valence-corrected chi connectivity index (χ4v) is 4.32. The van der Waals surface area contributed by atoms with Gasteiger partial charge in [0.1, 0.15) is 5.75 Å². The maximum absolute atomic E-state index is 12.6. The highest BCUT2D eigenvalue weighted by Crippen LogP contribution is 2.25. The number of nitrogens with zero attached hydrogens (tertiary/aromatic N) is 2. The lowest BCUT2D eigenvalue weighted by molar-refractivity contribution is -0.131. The second-order valence-corrected chi connectivity index (χ2v) is 7.45. The molecule has 4 rings (SSSR count). The van der Waals surface area contributed by atoms with Crippen LogP contribution >= 0.6 is 0 Å². The molecular weight excluding hydrogens is 324 g/mol. The molecule has 1 unspecified atom stereocenters. The van der Waals surface area contributed by atoms with Gasteiger partial charge in [0.05, 0.1) is 6.61 Å². The second-order valence-electron chi connectivity index (χ2n) is 7.45. The van der Waals surface area contributed by atoms with Crippen molar-refractivity contribution in [3.8, 4) is 5.75 Å². The number of hydrogen-bond donors (Lipinski definition) is 0. The maximum atomic E-state index is 12.6. The molecule has 0 N–H and O–H groups in total. The molecule has 0 aliphatic carbocycles. The van der Waals surface area contributed by atoms with Crippen molar-refractivity contribution in [1.82, 2.24) is 9.80 Å². The van der Waals surface area contributed by atoms with Gasteiger partial charge >= 0.3 is 0 Å². The quantitative estimate of drug-likeness (QED) is 0.769. The summed E-state index contributed by atoms with van der Waals surface area (Å²) in [6.07, 6.45) is 4.98. The van der Waals surface area contributed by atoms with Crippen molar-refractivity contribution in [1.29, 1.82) is 0 Å². The molecule has 2 aliphatic heterocycles. The lowest BCUT2D eigenvalue weighted by Gasteiger charge is -2.25. The Morgan fingerprint density at radius 2 is 1.88 bits per heavy atom. The number of carbonyl (C=O) groups excluding carboxylic acids is 1. The summed E-state index contributed by atoms with van der Waals surface area (Å²) in [6.45, 7) is 4.78. The van der Waals surface area contributed by atoms with Crippen molar-refractivity contribution in [3.05, 3.63) is 42.5 Å². The van der Waals surface area contributed by atoms with Gasteiger partial charge < -0.3 is 9.64 Å². The zero-order valence-electron chi connectivity index (χ0n) is 15.4. The van der Waals surface area contributed by atoms with Crippen molar-refractivity contribution in [2.45, 2.75) is 38.1 Å². The van der Waals surface area contributed by atoms with E-state index in [1.807, 2.05) is 24.3 Å². The molecule has 0 aromatic heterocycles. The Kier molecular flexibility index (Phi) is 5.40. The van der Waals surface area contributed by atoms with E-state index in [1.54, 1.807) is 0 Å². The molecule has 1 atom stereocenters. The molecule has 2 aromatic rings.